The number of carbonyl (C=O) groups excluding carboxylic acids is 1. The molecule has 0 saturated carbocycles. The minimum absolute atomic E-state index is 0.0920. The van der Waals surface area contributed by atoms with Gasteiger partial charge in [-0.3, -0.25) is 9.78 Å². The van der Waals surface area contributed by atoms with Gasteiger partial charge < -0.3 is 10.2 Å². The summed E-state index contributed by atoms with van der Waals surface area (Å²) >= 11 is 0. The molecule has 1 N–H and O–H groups in total. The van der Waals surface area contributed by atoms with Gasteiger partial charge in [0.1, 0.15) is 11.6 Å². The van der Waals surface area contributed by atoms with Crippen LogP contribution >= 0.6 is 0 Å². The first-order chi connectivity index (χ1) is 13.7. The molecule has 1 unspecified atom stereocenters. The van der Waals surface area contributed by atoms with Gasteiger partial charge in [0.05, 0.1) is 23.8 Å². The molecule has 1 atom stereocenters. The van der Waals surface area contributed by atoms with E-state index < -0.39 is 0 Å². The molecule has 142 valence electrons. The van der Waals surface area contributed by atoms with Crippen LogP contribution in [0.15, 0.2) is 49.1 Å². The summed E-state index contributed by atoms with van der Waals surface area (Å²) in [5, 5.41) is 11.0. The van der Waals surface area contributed by atoms with Crippen LogP contribution in [0.2, 0.25) is 0 Å². The van der Waals surface area contributed by atoms with Gasteiger partial charge in [-0.2, -0.15) is 10.2 Å². The summed E-state index contributed by atoms with van der Waals surface area (Å²) in [5.41, 5.74) is 2.51. The molecule has 8 nitrogen and oxygen atoms in total. The first-order valence-electron chi connectivity index (χ1n) is 9.27. The Kier molecular flexibility index (Phi) is 5.18. The zero-order valence-corrected chi connectivity index (χ0v) is 15.6. The van der Waals surface area contributed by atoms with E-state index in [1.807, 2.05) is 29.2 Å². The SMILES string of the molecule is CC(=O)N1CCCC(c2nc(Nc3ccnnc3)cc(-c3cccnc3)n2)C1. The van der Waals surface area contributed by atoms with Gasteiger partial charge in [0.25, 0.3) is 0 Å². The molecular weight excluding hydrogens is 354 g/mol. The van der Waals surface area contributed by atoms with E-state index in [4.69, 9.17) is 9.97 Å². The fourth-order valence-electron chi connectivity index (χ4n) is 3.36. The molecule has 4 heterocycles. The average molecular weight is 375 g/mol. The monoisotopic (exact) mass is 375 g/mol. The molecule has 1 aliphatic heterocycles. The Morgan fingerprint density at radius 1 is 1.18 bits per heavy atom. The summed E-state index contributed by atoms with van der Waals surface area (Å²) in [7, 11) is 0. The smallest absolute Gasteiger partial charge is 0.219 e. The zero-order valence-electron chi connectivity index (χ0n) is 15.6. The molecule has 0 aromatic carbocycles. The van der Waals surface area contributed by atoms with Gasteiger partial charge in [-0.05, 0) is 31.0 Å². The van der Waals surface area contributed by atoms with Crippen LogP contribution < -0.4 is 5.32 Å². The number of rotatable bonds is 4. The van der Waals surface area contributed by atoms with Crippen LogP contribution in [0.5, 0.6) is 0 Å². The number of piperidine rings is 1. The van der Waals surface area contributed by atoms with Crippen LogP contribution in [-0.2, 0) is 4.79 Å². The van der Waals surface area contributed by atoms with E-state index in [0.29, 0.717) is 12.4 Å². The maximum atomic E-state index is 11.8. The predicted octanol–water partition coefficient (Wildman–Crippen LogP) is 2.80. The second-order valence-corrected chi connectivity index (χ2v) is 6.80. The Bertz CT molecular complexity index is 949. The largest absolute Gasteiger partial charge is 0.342 e. The average Bonchev–Trinajstić information content (AvgIpc) is 2.75. The minimum atomic E-state index is 0.0920. The highest BCUT2D eigenvalue weighted by atomic mass is 16.2. The van der Waals surface area contributed by atoms with Crippen molar-refractivity contribution in [1.82, 2.24) is 30.0 Å². The molecule has 3 aromatic rings. The first-order valence-corrected chi connectivity index (χ1v) is 9.27. The lowest BCUT2D eigenvalue weighted by molar-refractivity contribution is -0.130. The van der Waals surface area contributed by atoms with Crippen LogP contribution in [0, 0.1) is 0 Å². The molecule has 28 heavy (non-hydrogen) atoms. The third-order valence-corrected chi connectivity index (χ3v) is 4.79. The number of carbonyl (C=O) groups is 1. The standard InChI is InChI=1S/C20H21N7O/c1-14(28)27-9-3-5-16(13-27)20-25-18(15-4-2-7-21-11-15)10-19(26-20)24-17-6-8-22-23-12-17/h2,4,6-8,10-12,16H,3,5,9,13H2,1H3,(H,22,24,25,26). The van der Waals surface area contributed by atoms with Gasteiger partial charge in [-0.15, -0.1) is 0 Å². The van der Waals surface area contributed by atoms with E-state index >= 15 is 0 Å². The van der Waals surface area contributed by atoms with E-state index in [1.54, 1.807) is 31.7 Å². The zero-order chi connectivity index (χ0) is 19.3. The summed E-state index contributed by atoms with van der Waals surface area (Å²) in [6.45, 7) is 3.04. The van der Waals surface area contributed by atoms with Crippen LogP contribution in [0.4, 0.5) is 11.5 Å². The second kappa shape index (κ2) is 8.08. The molecule has 1 saturated heterocycles. The predicted molar refractivity (Wildman–Crippen MR) is 105 cm³/mol. The molecule has 0 spiro atoms. The molecule has 0 bridgehead atoms. The molecule has 1 aliphatic rings. The third-order valence-electron chi connectivity index (χ3n) is 4.79. The van der Waals surface area contributed by atoms with Gasteiger partial charge in [-0.25, -0.2) is 9.97 Å². The maximum absolute atomic E-state index is 11.8. The van der Waals surface area contributed by atoms with Gasteiger partial charge in [-0.1, -0.05) is 0 Å². The molecule has 0 radical (unpaired) electrons. The number of hydrogen-bond donors (Lipinski definition) is 1. The Hall–Kier alpha value is -3.42. The molecular formula is C20H21N7O. The summed E-state index contributed by atoms with van der Waals surface area (Å²) in [6, 6.07) is 7.58. The molecule has 4 rings (SSSR count). The topological polar surface area (TPSA) is 96.8 Å². The fraction of sp³-hybridized carbons (Fsp3) is 0.300. The van der Waals surface area contributed by atoms with Gasteiger partial charge in [0.15, 0.2) is 0 Å². The molecule has 1 amide bonds. The van der Waals surface area contributed by atoms with Crippen molar-refractivity contribution in [3.05, 3.63) is 54.9 Å². The fourth-order valence-corrected chi connectivity index (χ4v) is 3.36. The summed E-state index contributed by atoms with van der Waals surface area (Å²) in [5.74, 6) is 1.60. The van der Waals surface area contributed by atoms with E-state index in [-0.39, 0.29) is 11.8 Å². The van der Waals surface area contributed by atoms with Crippen molar-refractivity contribution >= 4 is 17.4 Å². The van der Waals surface area contributed by atoms with Crippen molar-refractivity contribution in [1.29, 1.82) is 0 Å². The lowest BCUT2D eigenvalue weighted by Crippen LogP contribution is -2.38. The van der Waals surface area contributed by atoms with Crippen LogP contribution in [0.3, 0.4) is 0 Å². The number of pyridine rings is 1. The first kappa shape index (κ1) is 18.0. The number of nitrogens with one attached hydrogen (secondary N) is 1. The Balaban J connectivity index is 1.70. The lowest BCUT2D eigenvalue weighted by atomic mass is 9.97. The van der Waals surface area contributed by atoms with E-state index in [2.05, 4.69) is 20.5 Å². The highest BCUT2D eigenvalue weighted by molar-refractivity contribution is 5.73. The van der Waals surface area contributed by atoms with Crippen molar-refractivity contribution in [3.8, 4) is 11.3 Å². The normalized spacial score (nSPS) is 16.6. The van der Waals surface area contributed by atoms with Crippen molar-refractivity contribution in [3.63, 3.8) is 0 Å². The molecule has 0 aliphatic carbocycles. The number of likely N-dealkylation sites (tertiary alicyclic amines) is 1. The molecule has 8 heteroatoms. The van der Waals surface area contributed by atoms with Crippen molar-refractivity contribution in [2.24, 2.45) is 0 Å². The summed E-state index contributed by atoms with van der Waals surface area (Å²) in [6.07, 6.45) is 8.69. The van der Waals surface area contributed by atoms with E-state index in [0.717, 1.165) is 42.2 Å². The Morgan fingerprint density at radius 2 is 2.11 bits per heavy atom. The van der Waals surface area contributed by atoms with Gasteiger partial charge >= 0.3 is 0 Å². The molecule has 3 aromatic heterocycles. The summed E-state index contributed by atoms with van der Waals surface area (Å²) in [4.78, 5) is 27.4. The Morgan fingerprint density at radius 3 is 2.86 bits per heavy atom. The highest BCUT2D eigenvalue weighted by Crippen LogP contribution is 2.29. The number of nitrogens with zero attached hydrogens (tertiary/aromatic N) is 6. The number of anilines is 2. The van der Waals surface area contributed by atoms with E-state index in [9.17, 15) is 4.79 Å². The quantitative estimate of drug-likeness (QED) is 0.749. The minimum Gasteiger partial charge on any atom is -0.342 e. The maximum Gasteiger partial charge on any atom is 0.219 e. The van der Waals surface area contributed by atoms with Crippen molar-refractivity contribution in [2.45, 2.75) is 25.7 Å². The molecule has 1 fully saturated rings. The second-order valence-electron chi connectivity index (χ2n) is 6.80. The van der Waals surface area contributed by atoms with E-state index in [1.165, 1.54) is 0 Å². The lowest BCUT2D eigenvalue weighted by Gasteiger charge is -2.31. The van der Waals surface area contributed by atoms with Crippen molar-refractivity contribution < 1.29 is 4.79 Å². The third kappa shape index (κ3) is 4.11. The number of hydrogen-bond acceptors (Lipinski definition) is 7. The number of amides is 1. The van der Waals surface area contributed by atoms with Gasteiger partial charge in [0.2, 0.25) is 5.91 Å². The summed E-state index contributed by atoms with van der Waals surface area (Å²) < 4.78 is 0. The number of aromatic nitrogens is 5. The van der Waals surface area contributed by atoms with Crippen molar-refractivity contribution in [2.75, 3.05) is 18.4 Å². The Labute approximate surface area is 163 Å². The van der Waals surface area contributed by atoms with Crippen LogP contribution in [0.1, 0.15) is 31.5 Å². The highest BCUT2D eigenvalue weighted by Gasteiger charge is 2.25. The van der Waals surface area contributed by atoms with Crippen LogP contribution in [0.25, 0.3) is 11.3 Å². The van der Waals surface area contributed by atoms with Gasteiger partial charge in [0, 0.05) is 50.0 Å². The van der Waals surface area contributed by atoms with Crippen LogP contribution in [-0.4, -0.2) is 49.0 Å².